The van der Waals surface area contributed by atoms with Crippen molar-refractivity contribution in [3.8, 4) is 16.3 Å². The van der Waals surface area contributed by atoms with Gasteiger partial charge in [-0.15, -0.1) is 11.3 Å². The number of methoxy groups -OCH3 is 3. The van der Waals surface area contributed by atoms with Gasteiger partial charge in [-0.25, -0.2) is 14.6 Å². The lowest BCUT2D eigenvalue weighted by atomic mass is 9.85. The van der Waals surface area contributed by atoms with Crippen LogP contribution in [0.5, 0.6) is 5.75 Å². The summed E-state index contributed by atoms with van der Waals surface area (Å²) in [5.41, 5.74) is 2.20. The fourth-order valence-corrected chi connectivity index (χ4v) is 4.27. The first-order chi connectivity index (χ1) is 15.8. The predicted octanol–water partition coefficient (Wildman–Crippen LogP) is 2.98. The molecule has 1 aliphatic rings. The van der Waals surface area contributed by atoms with Gasteiger partial charge in [0.05, 0.1) is 38.2 Å². The molecule has 1 N–H and O–H groups in total. The van der Waals surface area contributed by atoms with E-state index < -0.39 is 23.8 Å². The molecule has 10 heteroatoms. The maximum Gasteiger partial charge on any atom is 0.336 e. The van der Waals surface area contributed by atoms with Crippen LogP contribution in [-0.4, -0.2) is 44.2 Å². The Labute approximate surface area is 195 Å². The lowest BCUT2D eigenvalue weighted by molar-refractivity contribution is -0.152. The average molecular weight is 473 g/mol. The number of allylic oxidation sites excluding steroid dienone is 2. The molecule has 1 aromatic heterocycles. The number of rotatable bonds is 7. The minimum atomic E-state index is -1.29. The molecule has 174 valence electrons. The van der Waals surface area contributed by atoms with Crippen LogP contribution in [0.3, 0.4) is 0 Å². The Morgan fingerprint density at radius 3 is 2.06 bits per heavy atom. The van der Waals surface area contributed by atoms with E-state index in [1.54, 1.807) is 26.3 Å². The van der Waals surface area contributed by atoms with E-state index in [1.165, 1.54) is 25.6 Å². The Kier molecular flexibility index (Phi) is 7.49. The van der Waals surface area contributed by atoms with Crippen molar-refractivity contribution >= 4 is 29.2 Å². The number of aromatic nitrogens is 1. The van der Waals surface area contributed by atoms with Crippen molar-refractivity contribution in [1.82, 2.24) is 10.3 Å². The molecule has 0 unspecified atom stereocenters. The molecule has 3 rings (SSSR count). The minimum Gasteiger partial charge on any atom is -0.497 e. The van der Waals surface area contributed by atoms with E-state index in [9.17, 15) is 14.4 Å². The lowest BCUT2D eigenvalue weighted by Crippen LogP contribution is -2.37. The molecule has 1 aliphatic heterocycles. The van der Waals surface area contributed by atoms with E-state index in [1.807, 2.05) is 24.3 Å². The van der Waals surface area contributed by atoms with Gasteiger partial charge in [0.2, 0.25) is 0 Å². The fourth-order valence-electron chi connectivity index (χ4n) is 3.46. The van der Waals surface area contributed by atoms with Crippen LogP contribution in [0.4, 0.5) is 0 Å². The molecule has 0 radical (unpaired) electrons. The lowest BCUT2D eigenvalue weighted by Gasteiger charge is -2.28. The number of esters is 3. The third kappa shape index (κ3) is 5.06. The summed E-state index contributed by atoms with van der Waals surface area (Å²) in [5.74, 6) is -2.82. The van der Waals surface area contributed by atoms with Crippen LogP contribution >= 0.6 is 11.3 Å². The first-order valence-electron chi connectivity index (χ1n) is 9.91. The molecule has 0 fully saturated rings. The molecule has 2 aromatic rings. The molecule has 0 atom stereocenters. The normalized spacial score (nSPS) is 14.0. The smallest absolute Gasteiger partial charge is 0.336 e. The number of carbonyl (C=O) groups is 3. The maximum atomic E-state index is 13.1. The number of thiazole rings is 1. The standard InChI is InChI=1S/C23H24N2O7S/c1-12-17(21(26)30-4)19(18(13(2)24-12)22(27)31-5)23(28)32-10-15-11-33-20(25-15)14-6-8-16(29-3)9-7-14/h6-9,11,19,24H,10H2,1-5H3. The van der Waals surface area contributed by atoms with Crippen LogP contribution in [0, 0.1) is 5.92 Å². The predicted molar refractivity (Wildman–Crippen MR) is 120 cm³/mol. The Balaban J connectivity index is 1.82. The largest absolute Gasteiger partial charge is 0.497 e. The van der Waals surface area contributed by atoms with Gasteiger partial charge < -0.3 is 24.3 Å². The number of nitrogens with one attached hydrogen (secondary N) is 1. The van der Waals surface area contributed by atoms with Crippen LogP contribution < -0.4 is 10.1 Å². The summed E-state index contributed by atoms with van der Waals surface area (Å²) in [6.45, 7) is 3.10. The molecule has 2 heterocycles. The molecule has 33 heavy (non-hydrogen) atoms. The van der Waals surface area contributed by atoms with E-state index in [4.69, 9.17) is 18.9 Å². The highest BCUT2D eigenvalue weighted by Crippen LogP contribution is 2.33. The monoisotopic (exact) mass is 472 g/mol. The summed E-state index contributed by atoms with van der Waals surface area (Å²) < 4.78 is 20.3. The highest BCUT2D eigenvalue weighted by molar-refractivity contribution is 7.13. The van der Waals surface area contributed by atoms with Crippen LogP contribution in [0.15, 0.2) is 52.2 Å². The SMILES string of the molecule is COC(=O)C1=C(C)NC(C)=C(C(=O)OC)C1C(=O)OCc1csc(-c2ccc(OC)cc2)n1. The molecule has 9 nitrogen and oxygen atoms in total. The van der Waals surface area contributed by atoms with Gasteiger partial charge in [0.15, 0.2) is 0 Å². The van der Waals surface area contributed by atoms with Crippen LogP contribution in [0.2, 0.25) is 0 Å². The Hall–Kier alpha value is -3.66. The third-order valence-electron chi connectivity index (χ3n) is 5.06. The summed E-state index contributed by atoms with van der Waals surface area (Å²) in [4.78, 5) is 42.4. The van der Waals surface area contributed by atoms with Gasteiger partial charge in [0.1, 0.15) is 23.3 Å². The van der Waals surface area contributed by atoms with Crippen molar-refractivity contribution in [2.45, 2.75) is 20.5 Å². The molecule has 0 amide bonds. The second-order valence-corrected chi connectivity index (χ2v) is 7.96. The number of hydrogen-bond acceptors (Lipinski definition) is 10. The van der Waals surface area contributed by atoms with E-state index in [-0.39, 0.29) is 17.8 Å². The highest BCUT2D eigenvalue weighted by Gasteiger charge is 2.42. The molecule has 0 saturated carbocycles. The molecule has 0 bridgehead atoms. The topological polar surface area (TPSA) is 113 Å². The Morgan fingerprint density at radius 2 is 1.55 bits per heavy atom. The van der Waals surface area contributed by atoms with Crippen LogP contribution in [-0.2, 0) is 35.2 Å². The number of nitrogens with zero attached hydrogens (tertiary/aromatic N) is 1. The summed E-state index contributed by atoms with van der Waals surface area (Å²) in [5, 5.41) is 5.46. The molecular weight excluding hydrogens is 448 g/mol. The van der Waals surface area contributed by atoms with E-state index in [0.29, 0.717) is 17.1 Å². The van der Waals surface area contributed by atoms with Gasteiger partial charge in [0.25, 0.3) is 0 Å². The van der Waals surface area contributed by atoms with Crippen molar-refractivity contribution < 1.29 is 33.3 Å². The van der Waals surface area contributed by atoms with Crippen molar-refractivity contribution in [1.29, 1.82) is 0 Å². The summed E-state index contributed by atoms with van der Waals surface area (Å²) >= 11 is 1.40. The number of ether oxygens (including phenoxy) is 4. The number of hydrogen-bond donors (Lipinski definition) is 1. The van der Waals surface area contributed by atoms with Crippen molar-refractivity contribution in [2.24, 2.45) is 5.92 Å². The zero-order valence-electron chi connectivity index (χ0n) is 18.9. The molecule has 1 aromatic carbocycles. The van der Waals surface area contributed by atoms with Gasteiger partial charge in [-0.2, -0.15) is 0 Å². The molecular formula is C23H24N2O7S. The first kappa shape index (κ1) is 24.0. The Bertz CT molecular complexity index is 1090. The molecule has 0 aliphatic carbocycles. The maximum absolute atomic E-state index is 13.1. The second-order valence-electron chi connectivity index (χ2n) is 7.10. The molecule has 0 saturated heterocycles. The van der Waals surface area contributed by atoms with Crippen LogP contribution in [0.1, 0.15) is 19.5 Å². The summed E-state index contributed by atoms with van der Waals surface area (Å²) in [6.07, 6.45) is 0. The molecule has 0 spiro atoms. The van der Waals surface area contributed by atoms with E-state index in [2.05, 4.69) is 10.3 Å². The summed E-state index contributed by atoms with van der Waals surface area (Å²) in [7, 11) is 3.99. The number of dihydropyridines is 1. The zero-order chi connectivity index (χ0) is 24.1. The fraction of sp³-hybridized carbons (Fsp3) is 0.304. The van der Waals surface area contributed by atoms with E-state index in [0.717, 1.165) is 16.3 Å². The second kappa shape index (κ2) is 10.3. The third-order valence-corrected chi connectivity index (χ3v) is 6.00. The number of benzene rings is 1. The van der Waals surface area contributed by atoms with Crippen molar-refractivity contribution in [2.75, 3.05) is 21.3 Å². The quantitative estimate of drug-likeness (QED) is 0.480. The minimum absolute atomic E-state index is 0.00861. The average Bonchev–Trinajstić information content (AvgIpc) is 3.30. The zero-order valence-corrected chi connectivity index (χ0v) is 19.7. The van der Waals surface area contributed by atoms with Crippen LogP contribution in [0.25, 0.3) is 10.6 Å². The van der Waals surface area contributed by atoms with Gasteiger partial charge in [0, 0.05) is 22.3 Å². The van der Waals surface area contributed by atoms with Gasteiger partial charge in [-0.05, 0) is 38.1 Å². The van der Waals surface area contributed by atoms with Crippen molar-refractivity contribution in [3.05, 3.63) is 57.9 Å². The van der Waals surface area contributed by atoms with Gasteiger partial charge in [-0.3, -0.25) is 4.79 Å². The number of carbonyl (C=O) groups excluding carboxylic acids is 3. The highest BCUT2D eigenvalue weighted by atomic mass is 32.1. The Morgan fingerprint density at radius 1 is 0.970 bits per heavy atom. The van der Waals surface area contributed by atoms with Crippen molar-refractivity contribution in [3.63, 3.8) is 0 Å². The van der Waals surface area contributed by atoms with Gasteiger partial charge in [-0.1, -0.05) is 0 Å². The summed E-state index contributed by atoms with van der Waals surface area (Å²) in [6, 6.07) is 7.43. The first-order valence-corrected chi connectivity index (χ1v) is 10.8. The van der Waals surface area contributed by atoms with E-state index >= 15 is 0 Å². The van der Waals surface area contributed by atoms with Gasteiger partial charge >= 0.3 is 17.9 Å².